The number of nitrogens with zero attached hydrogens (tertiary/aromatic N) is 2. The van der Waals surface area contributed by atoms with E-state index in [2.05, 4.69) is 14.9 Å². The first-order valence-electron chi connectivity index (χ1n) is 7.83. The number of aromatic nitrogens is 2. The first-order valence-corrected chi connectivity index (χ1v) is 10.3. The lowest BCUT2D eigenvalue weighted by Crippen LogP contribution is -2.13. The summed E-state index contributed by atoms with van der Waals surface area (Å²) in [6, 6.07) is 12.5. The molecule has 0 fully saturated rings. The highest BCUT2D eigenvalue weighted by Crippen LogP contribution is 2.26. The van der Waals surface area contributed by atoms with E-state index in [1.54, 1.807) is 36.4 Å². The maximum Gasteiger partial charge on any atom is 0.314 e. The van der Waals surface area contributed by atoms with Gasteiger partial charge in [0.05, 0.1) is 17.7 Å². The molecule has 0 aliphatic heterocycles. The standard InChI is InChI=1S/C17H15N3O6S2/c1-25-13-6-3-5-12(9-13)20-28(23,24)14-7-2-4-11(8-14)16-18-19-17(26-16)27-10-15(21)22/h2-9,20H,10H2,1H3,(H,21,22). The molecule has 28 heavy (non-hydrogen) atoms. The van der Waals surface area contributed by atoms with Gasteiger partial charge in [-0.1, -0.05) is 23.9 Å². The molecule has 9 nitrogen and oxygen atoms in total. The molecule has 1 aromatic heterocycles. The average Bonchev–Trinajstić information content (AvgIpc) is 3.15. The van der Waals surface area contributed by atoms with E-state index >= 15 is 0 Å². The summed E-state index contributed by atoms with van der Waals surface area (Å²) in [7, 11) is -2.37. The largest absolute Gasteiger partial charge is 0.497 e. The number of methoxy groups -OCH3 is 1. The fraction of sp³-hybridized carbons (Fsp3) is 0.118. The van der Waals surface area contributed by atoms with Crippen LogP contribution in [0.4, 0.5) is 5.69 Å². The van der Waals surface area contributed by atoms with E-state index < -0.39 is 16.0 Å². The minimum absolute atomic E-state index is 0.00533. The predicted molar refractivity (Wildman–Crippen MR) is 102 cm³/mol. The van der Waals surface area contributed by atoms with Gasteiger partial charge in [-0.25, -0.2) is 8.42 Å². The quantitative estimate of drug-likeness (QED) is 0.527. The highest BCUT2D eigenvalue weighted by molar-refractivity contribution is 7.99. The van der Waals surface area contributed by atoms with Gasteiger partial charge in [-0.05, 0) is 30.3 Å². The molecule has 0 bridgehead atoms. The molecule has 0 radical (unpaired) electrons. The number of hydrogen-bond acceptors (Lipinski definition) is 8. The summed E-state index contributed by atoms with van der Waals surface area (Å²) in [4.78, 5) is 10.6. The lowest BCUT2D eigenvalue weighted by Gasteiger charge is -2.09. The summed E-state index contributed by atoms with van der Waals surface area (Å²) in [5.74, 6) is -0.625. The first kappa shape index (κ1) is 19.7. The van der Waals surface area contributed by atoms with Crippen molar-refractivity contribution >= 4 is 33.4 Å². The number of aliphatic carboxylic acids is 1. The molecule has 0 aliphatic carbocycles. The number of nitrogens with one attached hydrogen (secondary N) is 1. The van der Waals surface area contributed by atoms with Gasteiger partial charge in [0.2, 0.25) is 5.89 Å². The zero-order chi connectivity index (χ0) is 20.1. The van der Waals surface area contributed by atoms with Crippen molar-refractivity contribution < 1.29 is 27.5 Å². The topological polar surface area (TPSA) is 132 Å². The molecule has 3 rings (SSSR count). The summed E-state index contributed by atoms with van der Waals surface area (Å²) in [6.07, 6.45) is 0. The maximum absolute atomic E-state index is 12.7. The fourth-order valence-corrected chi connectivity index (χ4v) is 3.78. The van der Waals surface area contributed by atoms with E-state index in [-0.39, 0.29) is 21.8 Å². The van der Waals surface area contributed by atoms with E-state index in [4.69, 9.17) is 14.3 Å². The molecule has 0 saturated heterocycles. The van der Waals surface area contributed by atoms with Gasteiger partial charge in [0.25, 0.3) is 15.2 Å². The van der Waals surface area contributed by atoms with E-state index in [9.17, 15) is 13.2 Å². The van der Waals surface area contributed by atoms with Gasteiger partial charge in [-0.15, -0.1) is 10.2 Å². The molecule has 1 heterocycles. The van der Waals surface area contributed by atoms with Crippen molar-refractivity contribution in [3.8, 4) is 17.2 Å². The monoisotopic (exact) mass is 421 g/mol. The van der Waals surface area contributed by atoms with E-state index in [0.29, 0.717) is 17.0 Å². The van der Waals surface area contributed by atoms with Crippen LogP contribution in [0, 0.1) is 0 Å². The Bertz CT molecular complexity index is 1100. The number of thioether (sulfide) groups is 1. The lowest BCUT2D eigenvalue weighted by molar-refractivity contribution is -0.133. The number of sulfonamides is 1. The molecular weight excluding hydrogens is 406 g/mol. The van der Waals surface area contributed by atoms with Crippen LogP contribution in [0.5, 0.6) is 5.75 Å². The van der Waals surface area contributed by atoms with Crippen LogP contribution in [-0.2, 0) is 14.8 Å². The van der Waals surface area contributed by atoms with Gasteiger partial charge >= 0.3 is 5.97 Å². The molecule has 11 heteroatoms. The number of ether oxygens (including phenoxy) is 1. The molecule has 2 N–H and O–H groups in total. The van der Waals surface area contributed by atoms with E-state index in [1.165, 1.54) is 19.2 Å². The number of carboxylic acids is 1. The third kappa shape index (κ3) is 4.81. The van der Waals surface area contributed by atoms with Crippen molar-refractivity contribution in [1.82, 2.24) is 10.2 Å². The molecule has 0 aliphatic rings. The Morgan fingerprint density at radius 2 is 2.00 bits per heavy atom. The normalized spacial score (nSPS) is 11.2. The van der Waals surface area contributed by atoms with Crippen LogP contribution in [0.1, 0.15) is 0 Å². The molecule has 2 aromatic carbocycles. The average molecular weight is 421 g/mol. The second-order valence-corrected chi connectivity index (χ2v) is 8.03. The van der Waals surface area contributed by atoms with E-state index in [0.717, 1.165) is 11.8 Å². The van der Waals surface area contributed by atoms with Crippen LogP contribution >= 0.6 is 11.8 Å². The van der Waals surface area contributed by atoms with Crippen molar-refractivity contribution in [3.05, 3.63) is 48.5 Å². The molecule has 0 atom stereocenters. The Morgan fingerprint density at radius 3 is 2.75 bits per heavy atom. The molecule has 0 saturated carbocycles. The third-order valence-electron chi connectivity index (χ3n) is 3.44. The van der Waals surface area contributed by atoms with Gasteiger partial charge in [-0.2, -0.15) is 0 Å². The van der Waals surface area contributed by atoms with Gasteiger partial charge < -0.3 is 14.3 Å². The Balaban J connectivity index is 1.83. The van der Waals surface area contributed by atoms with Crippen molar-refractivity contribution in [2.45, 2.75) is 10.1 Å². The SMILES string of the molecule is COc1cccc(NS(=O)(=O)c2cccc(-c3nnc(SCC(=O)O)o3)c2)c1. The van der Waals surface area contributed by atoms with Gasteiger partial charge in [0, 0.05) is 11.6 Å². The van der Waals surface area contributed by atoms with Crippen LogP contribution in [0.25, 0.3) is 11.5 Å². The van der Waals surface area contributed by atoms with Gasteiger partial charge in [0.15, 0.2) is 0 Å². The molecule has 146 valence electrons. The second kappa shape index (κ2) is 8.31. The molecule has 0 unspecified atom stereocenters. The number of anilines is 1. The number of rotatable bonds is 8. The first-order chi connectivity index (χ1) is 13.4. The van der Waals surface area contributed by atoms with E-state index in [1.807, 2.05) is 0 Å². The highest BCUT2D eigenvalue weighted by atomic mass is 32.2. The predicted octanol–water partition coefficient (Wildman–Crippen LogP) is 2.72. The number of hydrogen-bond donors (Lipinski definition) is 2. The fourth-order valence-electron chi connectivity index (χ4n) is 2.21. The third-order valence-corrected chi connectivity index (χ3v) is 5.62. The van der Waals surface area contributed by atoms with Crippen LogP contribution in [0.15, 0.2) is 63.1 Å². The minimum atomic E-state index is -3.86. The Kier molecular flexibility index (Phi) is 5.85. The molecule has 3 aromatic rings. The van der Waals surface area contributed by atoms with Crippen LogP contribution in [0.2, 0.25) is 0 Å². The number of carboxylic acid groups (broad SMARTS) is 1. The van der Waals surface area contributed by atoms with Crippen LogP contribution in [0.3, 0.4) is 0 Å². The van der Waals surface area contributed by atoms with Crippen LogP contribution in [-0.4, -0.2) is 42.6 Å². The van der Waals surface area contributed by atoms with Crippen LogP contribution < -0.4 is 9.46 Å². The minimum Gasteiger partial charge on any atom is -0.497 e. The summed E-state index contributed by atoms with van der Waals surface area (Å²) < 4.78 is 38.3. The summed E-state index contributed by atoms with van der Waals surface area (Å²) in [6.45, 7) is 0. The van der Waals surface area contributed by atoms with Crippen molar-refractivity contribution in [1.29, 1.82) is 0 Å². The lowest BCUT2D eigenvalue weighted by atomic mass is 10.2. The highest BCUT2D eigenvalue weighted by Gasteiger charge is 2.17. The smallest absolute Gasteiger partial charge is 0.314 e. The zero-order valence-electron chi connectivity index (χ0n) is 14.5. The Hall–Kier alpha value is -3.05. The summed E-state index contributed by atoms with van der Waals surface area (Å²) in [5.41, 5.74) is 0.748. The number of carbonyl (C=O) groups is 1. The maximum atomic E-state index is 12.7. The van der Waals surface area contributed by atoms with Crippen molar-refractivity contribution in [2.75, 3.05) is 17.6 Å². The molecule has 0 amide bonds. The van der Waals surface area contributed by atoms with Crippen molar-refractivity contribution in [3.63, 3.8) is 0 Å². The summed E-state index contributed by atoms with van der Waals surface area (Å²) >= 11 is 0.877. The Morgan fingerprint density at radius 1 is 1.21 bits per heavy atom. The van der Waals surface area contributed by atoms with Gasteiger partial charge in [-0.3, -0.25) is 9.52 Å². The molecule has 0 spiro atoms. The molecular formula is C17H15N3O6S2. The number of benzene rings is 2. The second-order valence-electron chi connectivity index (χ2n) is 5.42. The Labute approximate surface area is 164 Å². The van der Waals surface area contributed by atoms with Gasteiger partial charge in [0.1, 0.15) is 11.5 Å². The zero-order valence-corrected chi connectivity index (χ0v) is 16.2. The van der Waals surface area contributed by atoms with Crippen molar-refractivity contribution in [2.24, 2.45) is 0 Å². The summed E-state index contributed by atoms with van der Waals surface area (Å²) in [5, 5.41) is 16.3.